The molecule has 1 nitrogen and oxygen atoms in total. The van der Waals surface area contributed by atoms with Gasteiger partial charge in [-0.1, -0.05) is 0 Å². The van der Waals surface area contributed by atoms with Gasteiger partial charge < -0.3 is 5.32 Å². The van der Waals surface area contributed by atoms with E-state index < -0.39 is 0 Å². The van der Waals surface area contributed by atoms with Gasteiger partial charge in [-0.05, 0) is 40.2 Å². The summed E-state index contributed by atoms with van der Waals surface area (Å²) in [7, 11) is 0. The number of rotatable bonds is 4. The molecule has 10 heavy (non-hydrogen) atoms. The van der Waals surface area contributed by atoms with Crippen molar-refractivity contribution in [3.05, 3.63) is 0 Å². The monoisotopic (exact) mass is 147 g/mol. The van der Waals surface area contributed by atoms with Crippen molar-refractivity contribution in [1.82, 2.24) is 5.32 Å². The maximum absolute atomic E-state index is 11.6. The predicted octanol–water partition coefficient (Wildman–Crippen LogP) is 2.12. The Morgan fingerprint density at radius 1 is 1.20 bits per heavy atom. The van der Waals surface area contributed by atoms with E-state index in [2.05, 4.69) is 26.1 Å². The van der Waals surface area contributed by atoms with Gasteiger partial charge >= 0.3 is 0 Å². The quantitative estimate of drug-likeness (QED) is 0.601. The average Bonchev–Trinajstić information content (AvgIpc) is 1.78. The van der Waals surface area contributed by atoms with E-state index in [0.29, 0.717) is 6.42 Å². The lowest BCUT2D eigenvalue weighted by atomic mass is 10.1. The van der Waals surface area contributed by atoms with Crippen LogP contribution in [0.25, 0.3) is 0 Å². The Hall–Kier alpha value is -0.110. The summed E-state index contributed by atoms with van der Waals surface area (Å²) in [5.41, 5.74) is 0.177. The second-order valence-corrected chi connectivity index (χ2v) is 3.57. The van der Waals surface area contributed by atoms with E-state index in [4.69, 9.17) is 0 Å². The van der Waals surface area contributed by atoms with Gasteiger partial charge in [-0.2, -0.15) is 0 Å². The van der Waals surface area contributed by atoms with Crippen LogP contribution in [0.15, 0.2) is 0 Å². The molecule has 0 amide bonds. The van der Waals surface area contributed by atoms with Crippen molar-refractivity contribution < 1.29 is 4.39 Å². The fourth-order valence-corrected chi connectivity index (χ4v) is 0.683. The van der Waals surface area contributed by atoms with E-state index >= 15 is 0 Å². The summed E-state index contributed by atoms with van der Waals surface area (Å²) in [4.78, 5) is 0. The molecular weight excluding hydrogens is 129 g/mol. The third kappa shape index (κ3) is 7.89. The molecule has 62 valence electrons. The second-order valence-electron chi connectivity index (χ2n) is 3.57. The summed E-state index contributed by atoms with van der Waals surface area (Å²) in [5, 5.41) is 3.29. The van der Waals surface area contributed by atoms with Gasteiger partial charge in [0.25, 0.3) is 0 Å². The summed E-state index contributed by atoms with van der Waals surface area (Å²) in [6, 6.07) is 0. The highest BCUT2D eigenvalue weighted by Gasteiger charge is 2.06. The number of hydrogen-bond donors (Lipinski definition) is 1. The van der Waals surface area contributed by atoms with Crippen molar-refractivity contribution in [2.24, 2.45) is 0 Å². The Kier molecular flexibility index (Phi) is 4.62. The van der Waals surface area contributed by atoms with E-state index in [9.17, 15) is 4.39 Å². The number of unbranched alkanes of at least 4 members (excludes halogenated alkanes) is 1. The smallest absolute Gasteiger partial charge is 0.0894 e. The summed E-state index contributed by atoms with van der Waals surface area (Å²) >= 11 is 0. The zero-order chi connectivity index (χ0) is 8.04. The van der Waals surface area contributed by atoms with E-state index in [0.717, 1.165) is 13.0 Å². The van der Waals surface area contributed by atoms with Crippen LogP contribution >= 0.6 is 0 Å². The fourth-order valence-electron chi connectivity index (χ4n) is 0.683. The SMILES string of the molecule is CC(C)(C)NCCCCF. The Morgan fingerprint density at radius 3 is 2.20 bits per heavy atom. The number of halogens is 1. The summed E-state index contributed by atoms with van der Waals surface area (Å²) in [6.07, 6.45) is 1.62. The molecule has 1 N–H and O–H groups in total. The Bertz CT molecular complexity index is 75.8. The van der Waals surface area contributed by atoms with Crippen molar-refractivity contribution in [2.75, 3.05) is 13.2 Å². The van der Waals surface area contributed by atoms with Gasteiger partial charge in [0.1, 0.15) is 0 Å². The minimum atomic E-state index is -0.189. The number of hydrogen-bond acceptors (Lipinski definition) is 1. The fraction of sp³-hybridized carbons (Fsp3) is 1.00. The highest BCUT2D eigenvalue weighted by Crippen LogP contribution is 1.98. The van der Waals surface area contributed by atoms with Crippen LogP contribution in [0.2, 0.25) is 0 Å². The van der Waals surface area contributed by atoms with E-state index in [1.807, 2.05) is 0 Å². The highest BCUT2D eigenvalue weighted by atomic mass is 19.1. The molecule has 0 spiro atoms. The van der Waals surface area contributed by atoms with Crippen molar-refractivity contribution in [3.63, 3.8) is 0 Å². The van der Waals surface area contributed by atoms with Gasteiger partial charge in [0, 0.05) is 5.54 Å². The van der Waals surface area contributed by atoms with Gasteiger partial charge in [-0.3, -0.25) is 4.39 Å². The van der Waals surface area contributed by atoms with Gasteiger partial charge in [0.2, 0.25) is 0 Å². The first-order valence-corrected chi connectivity index (χ1v) is 3.87. The number of alkyl halides is 1. The average molecular weight is 147 g/mol. The molecule has 2 heteroatoms. The molecule has 0 atom stereocenters. The summed E-state index contributed by atoms with van der Waals surface area (Å²) in [5.74, 6) is 0. The molecule has 0 aliphatic heterocycles. The first-order chi connectivity index (χ1) is 4.56. The molecule has 0 heterocycles. The van der Waals surface area contributed by atoms with Crippen LogP contribution in [0.5, 0.6) is 0 Å². The van der Waals surface area contributed by atoms with Gasteiger partial charge in [-0.25, -0.2) is 0 Å². The van der Waals surface area contributed by atoms with Crippen LogP contribution in [0.1, 0.15) is 33.6 Å². The largest absolute Gasteiger partial charge is 0.312 e. The van der Waals surface area contributed by atoms with Crippen LogP contribution in [0.3, 0.4) is 0 Å². The molecule has 0 aliphatic carbocycles. The minimum Gasteiger partial charge on any atom is -0.312 e. The lowest BCUT2D eigenvalue weighted by molar-refractivity contribution is 0.399. The standard InChI is InChI=1S/C8H18FN/c1-8(2,3)10-7-5-4-6-9/h10H,4-7H2,1-3H3. The third-order valence-corrected chi connectivity index (χ3v) is 1.22. The molecule has 0 aromatic carbocycles. The van der Waals surface area contributed by atoms with E-state index in [-0.39, 0.29) is 12.2 Å². The molecule has 0 aliphatic rings. The molecule has 0 radical (unpaired) electrons. The Labute approximate surface area is 63.0 Å². The van der Waals surface area contributed by atoms with Gasteiger partial charge in [0.05, 0.1) is 6.67 Å². The Morgan fingerprint density at radius 2 is 1.80 bits per heavy atom. The van der Waals surface area contributed by atoms with Crippen LogP contribution in [-0.4, -0.2) is 18.8 Å². The topological polar surface area (TPSA) is 12.0 Å². The Balaban J connectivity index is 3.04. The van der Waals surface area contributed by atoms with Crippen molar-refractivity contribution >= 4 is 0 Å². The molecule has 0 saturated carbocycles. The third-order valence-electron chi connectivity index (χ3n) is 1.22. The van der Waals surface area contributed by atoms with Gasteiger partial charge in [0.15, 0.2) is 0 Å². The molecule has 0 saturated heterocycles. The maximum Gasteiger partial charge on any atom is 0.0894 e. The molecule has 0 rings (SSSR count). The van der Waals surface area contributed by atoms with Crippen LogP contribution in [-0.2, 0) is 0 Å². The predicted molar refractivity (Wildman–Crippen MR) is 43.0 cm³/mol. The zero-order valence-corrected chi connectivity index (χ0v) is 7.21. The molecule has 0 unspecified atom stereocenters. The zero-order valence-electron chi connectivity index (χ0n) is 7.21. The van der Waals surface area contributed by atoms with E-state index in [1.54, 1.807) is 0 Å². The molecule has 0 aromatic rings. The first-order valence-electron chi connectivity index (χ1n) is 3.87. The van der Waals surface area contributed by atoms with Crippen LogP contribution in [0, 0.1) is 0 Å². The normalized spacial score (nSPS) is 12.0. The lowest BCUT2D eigenvalue weighted by Crippen LogP contribution is -2.36. The second kappa shape index (κ2) is 4.67. The van der Waals surface area contributed by atoms with Crippen LogP contribution in [0.4, 0.5) is 4.39 Å². The molecule has 0 aromatic heterocycles. The summed E-state index contributed by atoms with van der Waals surface area (Å²) in [6.45, 7) is 7.08. The van der Waals surface area contributed by atoms with Gasteiger partial charge in [-0.15, -0.1) is 0 Å². The molecular formula is C8H18FN. The molecule has 0 fully saturated rings. The maximum atomic E-state index is 11.6. The minimum absolute atomic E-state index is 0.177. The summed E-state index contributed by atoms with van der Waals surface area (Å²) < 4.78 is 11.6. The first kappa shape index (κ1) is 9.89. The van der Waals surface area contributed by atoms with E-state index in [1.165, 1.54) is 0 Å². The van der Waals surface area contributed by atoms with Crippen molar-refractivity contribution in [3.8, 4) is 0 Å². The van der Waals surface area contributed by atoms with Crippen molar-refractivity contribution in [1.29, 1.82) is 0 Å². The molecule has 0 bridgehead atoms. The van der Waals surface area contributed by atoms with Crippen molar-refractivity contribution in [2.45, 2.75) is 39.2 Å². The number of nitrogens with one attached hydrogen (secondary N) is 1. The lowest BCUT2D eigenvalue weighted by Gasteiger charge is -2.19. The highest BCUT2D eigenvalue weighted by molar-refractivity contribution is 4.69. The van der Waals surface area contributed by atoms with Crippen LogP contribution < -0.4 is 5.32 Å².